The molecule has 0 aliphatic rings. The van der Waals surface area contributed by atoms with E-state index in [2.05, 4.69) is 78.9 Å². The lowest BCUT2D eigenvalue weighted by atomic mass is 10.0. The van der Waals surface area contributed by atoms with Crippen molar-refractivity contribution in [2.75, 3.05) is 0 Å². The fourth-order valence-electron chi connectivity index (χ4n) is 3.96. The SMILES string of the molecule is c1ccc2cc(-c3cccc4c3oc3c5ccccc5ccc43)ncc2c1. The van der Waals surface area contributed by atoms with Gasteiger partial charge in [0, 0.05) is 33.3 Å². The Hall–Kier alpha value is -3.65. The number of fused-ring (bicyclic) bond motifs is 6. The molecule has 0 N–H and O–H groups in total. The van der Waals surface area contributed by atoms with Gasteiger partial charge in [0.25, 0.3) is 0 Å². The molecule has 2 heterocycles. The van der Waals surface area contributed by atoms with Crippen LogP contribution in [0.5, 0.6) is 0 Å². The number of aromatic nitrogens is 1. The normalized spacial score (nSPS) is 11.7. The van der Waals surface area contributed by atoms with Gasteiger partial charge in [0.1, 0.15) is 11.2 Å². The van der Waals surface area contributed by atoms with Gasteiger partial charge in [-0.15, -0.1) is 0 Å². The lowest BCUT2D eigenvalue weighted by Gasteiger charge is -2.04. The zero-order valence-electron chi connectivity index (χ0n) is 14.5. The van der Waals surface area contributed by atoms with E-state index in [0.29, 0.717) is 0 Å². The van der Waals surface area contributed by atoms with Gasteiger partial charge in [0.15, 0.2) is 0 Å². The summed E-state index contributed by atoms with van der Waals surface area (Å²) in [6.45, 7) is 0. The number of pyridine rings is 1. The predicted octanol–water partition coefficient (Wildman–Crippen LogP) is 6.95. The Bertz CT molecular complexity index is 1480. The van der Waals surface area contributed by atoms with Crippen molar-refractivity contribution < 1.29 is 4.42 Å². The molecule has 0 unspecified atom stereocenters. The highest BCUT2D eigenvalue weighted by atomic mass is 16.3. The van der Waals surface area contributed by atoms with Gasteiger partial charge in [0.2, 0.25) is 0 Å². The lowest BCUT2D eigenvalue weighted by molar-refractivity contribution is 0.673. The van der Waals surface area contributed by atoms with E-state index in [1.54, 1.807) is 0 Å². The molecule has 0 bridgehead atoms. The molecule has 0 atom stereocenters. The molecule has 0 amide bonds. The van der Waals surface area contributed by atoms with E-state index in [1.807, 2.05) is 12.3 Å². The van der Waals surface area contributed by atoms with Crippen LogP contribution in [-0.2, 0) is 0 Å². The third-order valence-electron chi connectivity index (χ3n) is 5.30. The number of rotatable bonds is 1. The number of hydrogen-bond donors (Lipinski definition) is 0. The molecule has 126 valence electrons. The van der Waals surface area contributed by atoms with E-state index in [4.69, 9.17) is 9.40 Å². The smallest absolute Gasteiger partial charge is 0.144 e. The maximum absolute atomic E-state index is 6.42. The third kappa shape index (κ3) is 2.10. The molecule has 2 heteroatoms. The third-order valence-corrected chi connectivity index (χ3v) is 5.30. The largest absolute Gasteiger partial charge is 0.455 e. The minimum atomic E-state index is 0.895. The van der Waals surface area contributed by atoms with Gasteiger partial charge in [-0.1, -0.05) is 66.7 Å². The van der Waals surface area contributed by atoms with Crippen LogP contribution in [0.3, 0.4) is 0 Å². The summed E-state index contributed by atoms with van der Waals surface area (Å²) in [4.78, 5) is 4.70. The molecule has 27 heavy (non-hydrogen) atoms. The van der Waals surface area contributed by atoms with Crippen LogP contribution in [0.4, 0.5) is 0 Å². The maximum Gasteiger partial charge on any atom is 0.144 e. The second-order valence-corrected chi connectivity index (χ2v) is 6.86. The molecule has 0 radical (unpaired) electrons. The molecule has 6 aromatic rings. The van der Waals surface area contributed by atoms with Crippen LogP contribution < -0.4 is 0 Å². The summed E-state index contributed by atoms with van der Waals surface area (Å²) in [7, 11) is 0. The zero-order valence-corrected chi connectivity index (χ0v) is 14.5. The number of para-hydroxylation sites is 1. The molecule has 2 aromatic heterocycles. The van der Waals surface area contributed by atoms with Gasteiger partial charge < -0.3 is 4.42 Å². The summed E-state index contributed by atoms with van der Waals surface area (Å²) in [6, 6.07) is 29.4. The summed E-state index contributed by atoms with van der Waals surface area (Å²) in [5, 5.41) is 6.93. The topological polar surface area (TPSA) is 26.0 Å². The van der Waals surface area contributed by atoms with Crippen LogP contribution in [0.25, 0.3) is 54.7 Å². The van der Waals surface area contributed by atoms with Crippen molar-refractivity contribution in [3.8, 4) is 11.3 Å². The van der Waals surface area contributed by atoms with Crippen molar-refractivity contribution in [3.63, 3.8) is 0 Å². The lowest BCUT2D eigenvalue weighted by Crippen LogP contribution is -1.84. The monoisotopic (exact) mass is 345 g/mol. The van der Waals surface area contributed by atoms with Crippen LogP contribution in [0.1, 0.15) is 0 Å². The van der Waals surface area contributed by atoms with Crippen molar-refractivity contribution in [2.45, 2.75) is 0 Å². The minimum absolute atomic E-state index is 0.895. The second-order valence-electron chi connectivity index (χ2n) is 6.86. The Morgan fingerprint density at radius 2 is 1.30 bits per heavy atom. The summed E-state index contributed by atoms with van der Waals surface area (Å²) in [6.07, 6.45) is 1.93. The number of benzene rings is 4. The molecule has 0 fully saturated rings. The number of nitrogens with zero attached hydrogens (tertiary/aromatic N) is 1. The average Bonchev–Trinajstić information content (AvgIpc) is 3.13. The van der Waals surface area contributed by atoms with Gasteiger partial charge in [-0.25, -0.2) is 0 Å². The molecular weight excluding hydrogens is 330 g/mol. The first-order valence-electron chi connectivity index (χ1n) is 9.07. The molecule has 0 spiro atoms. The van der Waals surface area contributed by atoms with Crippen LogP contribution >= 0.6 is 0 Å². The Balaban J connectivity index is 1.70. The highest BCUT2D eigenvalue weighted by Gasteiger charge is 2.14. The zero-order chi connectivity index (χ0) is 17.8. The van der Waals surface area contributed by atoms with Gasteiger partial charge in [-0.2, -0.15) is 0 Å². The fraction of sp³-hybridized carbons (Fsp3) is 0. The fourth-order valence-corrected chi connectivity index (χ4v) is 3.96. The summed E-state index contributed by atoms with van der Waals surface area (Å²) in [5.41, 5.74) is 3.80. The number of hydrogen-bond acceptors (Lipinski definition) is 2. The molecule has 0 saturated heterocycles. The predicted molar refractivity (Wildman–Crippen MR) is 112 cm³/mol. The standard InChI is InChI=1S/C25H15NO/c1-2-8-18-15-26-23(14-17(18)7-1)22-11-5-10-20-21-13-12-16-6-3-4-9-19(16)24(21)27-25(20)22/h1-15H. The van der Waals surface area contributed by atoms with E-state index < -0.39 is 0 Å². The quantitative estimate of drug-likeness (QED) is 0.322. The Labute approximate surface area is 155 Å². The highest BCUT2D eigenvalue weighted by Crippen LogP contribution is 2.38. The van der Waals surface area contributed by atoms with Gasteiger partial charge in [0.05, 0.1) is 5.69 Å². The molecular formula is C25H15NO. The molecule has 6 rings (SSSR count). The second kappa shape index (κ2) is 5.42. The van der Waals surface area contributed by atoms with E-state index in [9.17, 15) is 0 Å². The Morgan fingerprint density at radius 3 is 2.22 bits per heavy atom. The van der Waals surface area contributed by atoms with Gasteiger partial charge in [-0.05, 0) is 29.0 Å². The minimum Gasteiger partial charge on any atom is -0.455 e. The van der Waals surface area contributed by atoms with Crippen molar-refractivity contribution in [2.24, 2.45) is 0 Å². The first-order valence-corrected chi connectivity index (χ1v) is 9.07. The van der Waals surface area contributed by atoms with E-state index in [1.165, 1.54) is 10.8 Å². The van der Waals surface area contributed by atoms with Crippen LogP contribution in [-0.4, -0.2) is 4.98 Å². The summed E-state index contributed by atoms with van der Waals surface area (Å²) >= 11 is 0. The van der Waals surface area contributed by atoms with E-state index in [-0.39, 0.29) is 0 Å². The van der Waals surface area contributed by atoms with E-state index in [0.717, 1.165) is 44.0 Å². The van der Waals surface area contributed by atoms with Crippen molar-refractivity contribution >= 4 is 43.5 Å². The van der Waals surface area contributed by atoms with Crippen molar-refractivity contribution in [3.05, 3.63) is 91.1 Å². The Morgan fingerprint density at radius 1 is 0.556 bits per heavy atom. The van der Waals surface area contributed by atoms with Crippen molar-refractivity contribution in [1.29, 1.82) is 0 Å². The summed E-state index contributed by atoms with van der Waals surface area (Å²) in [5.74, 6) is 0. The van der Waals surface area contributed by atoms with E-state index >= 15 is 0 Å². The average molecular weight is 345 g/mol. The molecule has 0 aliphatic heterocycles. The van der Waals surface area contributed by atoms with Crippen molar-refractivity contribution in [1.82, 2.24) is 4.98 Å². The van der Waals surface area contributed by atoms with Crippen LogP contribution in [0, 0.1) is 0 Å². The van der Waals surface area contributed by atoms with Gasteiger partial charge >= 0.3 is 0 Å². The van der Waals surface area contributed by atoms with Crippen LogP contribution in [0.2, 0.25) is 0 Å². The number of furan rings is 1. The molecule has 0 saturated carbocycles. The Kier molecular flexibility index (Phi) is 2.91. The molecule has 2 nitrogen and oxygen atoms in total. The molecule has 4 aromatic carbocycles. The summed E-state index contributed by atoms with van der Waals surface area (Å²) < 4.78 is 6.42. The first kappa shape index (κ1) is 14.5. The highest BCUT2D eigenvalue weighted by molar-refractivity contribution is 6.17. The molecule has 0 aliphatic carbocycles. The van der Waals surface area contributed by atoms with Crippen LogP contribution in [0.15, 0.2) is 95.5 Å². The van der Waals surface area contributed by atoms with Gasteiger partial charge in [-0.3, -0.25) is 4.98 Å². The first-order chi connectivity index (χ1) is 13.4. The maximum atomic E-state index is 6.42.